The maximum absolute atomic E-state index is 10.8. The number of fused-ring (bicyclic) bond motifs is 1. The van der Waals surface area contributed by atoms with Gasteiger partial charge in [0.05, 0.1) is 18.0 Å². The van der Waals surface area contributed by atoms with Crippen LogP contribution >= 0.6 is 31.4 Å². The van der Waals surface area contributed by atoms with Gasteiger partial charge in [0.25, 0.3) is 0 Å². The summed E-state index contributed by atoms with van der Waals surface area (Å²) in [6, 6.07) is 8.01. The third-order valence-electron chi connectivity index (χ3n) is 4.09. The highest BCUT2D eigenvalue weighted by molar-refractivity contribution is 7.73. The first-order valence-corrected chi connectivity index (χ1v) is 11.2. The molecule has 10 heteroatoms. The third-order valence-corrected chi connectivity index (χ3v) is 6.00. The maximum atomic E-state index is 10.8. The molecule has 148 valence electrons. The number of allylic oxidation sites excluding steroid dienone is 2. The molecule has 1 aromatic heterocycles. The molecule has 0 bridgehead atoms. The molecule has 0 spiro atoms. The minimum Gasteiger partial charge on any atom is -0.493 e. The second kappa shape index (κ2) is 8.59. The normalized spacial score (nSPS) is 13.4. The van der Waals surface area contributed by atoms with Crippen LogP contribution in [0.15, 0.2) is 42.3 Å². The first-order chi connectivity index (χ1) is 13.3. The fraction of sp³-hybridized carbons (Fsp3) is 0.222. The van der Waals surface area contributed by atoms with Crippen molar-refractivity contribution >= 4 is 48.7 Å². The van der Waals surface area contributed by atoms with Gasteiger partial charge in [-0.1, -0.05) is 18.2 Å². The number of thiazole rings is 1. The summed E-state index contributed by atoms with van der Waals surface area (Å²) in [5, 5.41) is 10.4. The van der Waals surface area contributed by atoms with Crippen molar-refractivity contribution in [2.75, 3.05) is 18.1 Å². The Bertz CT molecular complexity index is 1080. The number of aromatic nitrogens is 1. The lowest BCUT2D eigenvalue weighted by Gasteiger charge is -2.25. The van der Waals surface area contributed by atoms with Crippen LogP contribution < -0.4 is 4.90 Å². The van der Waals surface area contributed by atoms with E-state index in [1.807, 2.05) is 36.5 Å². The molecule has 0 saturated carbocycles. The van der Waals surface area contributed by atoms with E-state index in [0.29, 0.717) is 8.83 Å². The van der Waals surface area contributed by atoms with Gasteiger partial charge < -0.3 is 19.8 Å². The number of para-hydroxylation sites is 1. The Morgan fingerprint density at radius 3 is 2.82 bits per heavy atom. The molecule has 3 N–H and O–H groups in total. The standard InChI is InChI=1S/C18H19N2O5PS2/c1-2-19-10-9-13(14-5-3-4-6-15(14)19)7-8-16-17(21)20(18(27)28-16)11-12-25-26(22,23)24/h3-6,8-10,21H,2,11-12H2,1H3,(H2,22,23,24). The second-order valence-electron chi connectivity index (χ2n) is 5.85. The van der Waals surface area contributed by atoms with Gasteiger partial charge in [-0.15, -0.1) is 17.1 Å². The van der Waals surface area contributed by atoms with Crippen LogP contribution in [0.3, 0.4) is 0 Å². The van der Waals surface area contributed by atoms with Gasteiger partial charge in [-0.05, 0) is 31.3 Å². The lowest BCUT2D eigenvalue weighted by Crippen LogP contribution is -2.18. The van der Waals surface area contributed by atoms with E-state index in [1.54, 1.807) is 6.08 Å². The van der Waals surface area contributed by atoms with E-state index < -0.39 is 7.82 Å². The summed E-state index contributed by atoms with van der Waals surface area (Å²) in [7, 11) is -4.56. The average molecular weight is 438 g/mol. The first kappa shape index (κ1) is 20.8. The molecule has 1 aliphatic heterocycles. The highest BCUT2D eigenvalue weighted by Gasteiger charge is 2.16. The number of phosphoric acid groups is 1. The number of nitrogens with zero attached hydrogens (tertiary/aromatic N) is 2. The van der Waals surface area contributed by atoms with Crippen LogP contribution in [-0.2, 0) is 15.6 Å². The van der Waals surface area contributed by atoms with E-state index in [-0.39, 0.29) is 19.0 Å². The number of aromatic hydroxyl groups is 1. The predicted molar refractivity (Wildman–Crippen MR) is 113 cm³/mol. The van der Waals surface area contributed by atoms with Crippen LogP contribution in [0.1, 0.15) is 17.4 Å². The smallest absolute Gasteiger partial charge is 0.469 e. The van der Waals surface area contributed by atoms with E-state index in [4.69, 9.17) is 22.0 Å². The molecule has 0 saturated heterocycles. The quantitative estimate of drug-likeness (QED) is 0.354. The summed E-state index contributed by atoms with van der Waals surface area (Å²) in [6.07, 6.45) is 5.61. The lowest BCUT2D eigenvalue weighted by molar-refractivity contribution is 0.188. The van der Waals surface area contributed by atoms with Crippen molar-refractivity contribution in [2.24, 2.45) is 0 Å². The number of hydrogen-bond acceptors (Lipinski definition) is 6. The van der Waals surface area contributed by atoms with Crippen LogP contribution in [0.5, 0.6) is 5.88 Å². The summed E-state index contributed by atoms with van der Waals surface area (Å²) < 4.78 is 16.9. The molecule has 2 aromatic rings. The van der Waals surface area contributed by atoms with Gasteiger partial charge in [0.1, 0.15) is 0 Å². The Morgan fingerprint density at radius 1 is 1.36 bits per heavy atom. The molecular formula is C18H19N2O5PS2. The van der Waals surface area contributed by atoms with Crippen molar-refractivity contribution in [3.05, 3.63) is 56.7 Å². The van der Waals surface area contributed by atoms with Crippen molar-refractivity contribution in [1.82, 2.24) is 4.57 Å². The lowest BCUT2D eigenvalue weighted by atomic mass is 10.0. The Morgan fingerprint density at radius 2 is 2.11 bits per heavy atom. The molecule has 0 fully saturated rings. The summed E-state index contributed by atoms with van der Waals surface area (Å²) in [6.45, 7) is 2.70. The fourth-order valence-electron chi connectivity index (χ4n) is 2.79. The fourth-order valence-corrected chi connectivity index (χ4v) is 4.35. The number of rotatable bonds is 6. The zero-order chi connectivity index (χ0) is 20.3. The van der Waals surface area contributed by atoms with Crippen LogP contribution in [0.25, 0.3) is 11.6 Å². The number of anilines is 1. The number of benzene rings is 1. The molecule has 1 aliphatic rings. The molecule has 7 nitrogen and oxygen atoms in total. The molecule has 0 amide bonds. The summed E-state index contributed by atoms with van der Waals surface area (Å²) in [4.78, 5) is 20.1. The Labute approximate surface area is 171 Å². The molecule has 0 unspecified atom stereocenters. The minimum atomic E-state index is -4.56. The van der Waals surface area contributed by atoms with Crippen LogP contribution in [0.2, 0.25) is 0 Å². The van der Waals surface area contributed by atoms with Crippen molar-refractivity contribution in [1.29, 1.82) is 0 Å². The highest BCUT2D eigenvalue weighted by Crippen LogP contribution is 2.36. The minimum absolute atomic E-state index is 0.0326. The predicted octanol–water partition coefficient (Wildman–Crippen LogP) is 4.14. The highest BCUT2D eigenvalue weighted by atomic mass is 32.1. The van der Waals surface area contributed by atoms with Crippen LogP contribution in [0, 0.1) is 3.95 Å². The molecule has 1 aromatic carbocycles. The van der Waals surface area contributed by atoms with Gasteiger partial charge in [-0.3, -0.25) is 9.09 Å². The SMILES string of the molecule is CCN1C=CC(=C=Cc2sc(=S)n(CCOP(=O)(O)O)c2O)c2ccccc21. The molecule has 28 heavy (non-hydrogen) atoms. The summed E-state index contributed by atoms with van der Waals surface area (Å²) in [5.74, 6) is -0.0827. The molecule has 3 rings (SSSR count). The average Bonchev–Trinajstić information content (AvgIpc) is 2.92. The zero-order valence-electron chi connectivity index (χ0n) is 15.0. The molecule has 2 heterocycles. The van der Waals surface area contributed by atoms with E-state index >= 15 is 0 Å². The maximum Gasteiger partial charge on any atom is 0.469 e. The summed E-state index contributed by atoms with van der Waals surface area (Å²) >= 11 is 6.41. The number of phosphoric ester groups is 1. The molecular weight excluding hydrogens is 419 g/mol. The molecule has 0 aliphatic carbocycles. The first-order valence-electron chi connectivity index (χ1n) is 8.44. The van der Waals surface area contributed by atoms with E-state index in [1.165, 1.54) is 15.9 Å². The van der Waals surface area contributed by atoms with Gasteiger partial charge in [0.15, 0.2) is 3.95 Å². The van der Waals surface area contributed by atoms with Crippen LogP contribution in [-0.4, -0.2) is 32.6 Å². The van der Waals surface area contributed by atoms with Crippen LogP contribution in [0.4, 0.5) is 5.69 Å². The Kier molecular flexibility index (Phi) is 6.37. The van der Waals surface area contributed by atoms with Crippen molar-refractivity contribution in [2.45, 2.75) is 13.5 Å². The van der Waals surface area contributed by atoms with Gasteiger partial charge in [-0.25, -0.2) is 4.57 Å². The van der Waals surface area contributed by atoms with Gasteiger partial charge in [0, 0.05) is 35.6 Å². The number of hydrogen-bond donors (Lipinski definition) is 3. The van der Waals surface area contributed by atoms with Gasteiger partial charge in [0.2, 0.25) is 5.88 Å². The van der Waals surface area contributed by atoms with Crippen molar-refractivity contribution in [3.8, 4) is 5.88 Å². The second-order valence-corrected chi connectivity index (χ2v) is 8.77. The Hall–Kier alpha value is -1.96. The Balaban J connectivity index is 1.90. The van der Waals surface area contributed by atoms with E-state index in [2.05, 4.69) is 22.1 Å². The largest absolute Gasteiger partial charge is 0.493 e. The molecule has 0 atom stereocenters. The zero-order valence-corrected chi connectivity index (χ0v) is 17.5. The molecule has 0 radical (unpaired) electrons. The van der Waals surface area contributed by atoms with E-state index in [0.717, 1.165) is 23.4 Å². The van der Waals surface area contributed by atoms with E-state index in [9.17, 15) is 9.67 Å². The van der Waals surface area contributed by atoms with Gasteiger partial charge >= 0.3 is 7.82 Å². The van der Waals surface area contributed by atoms with Crippen molar-refractivity contribution < 1.29 is 24.0 Å². The van der Waals surface area contributed by atoms with Crippen molar-refractivity contribution in [3.63, 3.8) is 0 Å². The summed E-state index contributed by atoms with van der Waals surface area (Å²) in [5.41, 5.74) is 6.23. The third kappa shape index (κ3) is 4.71. The monoisotopic (exact) mass is 438 g/mol. The van der Waals surface area contributed by atoms with Gasteiger partial charge in [-0.2, -0.15) is 0 Å². The topological polar surface area (TPSA) is 95.2 Å².